The first kappa shape index (κ1) is 16.7. The third kappa shape index (κ3) is 1.90. The number of fused-ring (bicyclic) bond motifs is 2. The van der Waals surface area contributed by atoms with E-state index in [4.69, 9.17) is 4.74 Å². The average Bonchev–Trinajstić information content (AvgIpc) is 2.69. The molecule has 1 saturated carbocycles. The Morgan fingerprint density at radius 3 is 2.33 bits per heavy atom. The molecule has 2 bridgehead atoms. The minimum Gasteiger partial charge on any atom is -0.392 e. The van der Waals surface area contributed by atoms with Gasteiger partial charge in [0.25, 0.3) is 0 Å². The maximum atomic E-state index is 13.1. The fourth-order valence-corrected chi connectivity index (χ4v) is 4.17. The van der Waals surface area contributed by atoms with Gasteiger partial charge in [-0.2, -0.15) is 0 Å². The summed E-state index contributed by atoms with van der Waals surface area (Å²) >= 11 is 0. The summed E-state index contributed by atoms with van der Waals surface area (Å²) in [6.45, 7) is 7.32. The van der Waals surface area contributed by atoms with Crippen molar-refractivity contribution in [1.82, 2.24) is 5.32 Å². The lowest BCUT2D eigenvalue weighted by Gasteiger charge is -2.48. The summed E-state index contributed by atoms with van der Waals surface area (Å²) in [4.78, 5) is 37.9. The number of nitrogens with one attached hydrogen (secondary N) is 1. The molecule has 1 aromatic carbocycles. The number of benzene rings is 1. The Labute approximate surface area is 141 Å². The highest BCUT2D eigenvalue weighted by Crippen LogP contribution is 2.66. The molecule has 128 valence electrons. The molecule has 2 fully saturated rings. The minimum absolute atomic E-state index is 0.235. The Morgan fingerprint density at radius 2 is 1.71 bits per heavy atom. The molecule has 0 spiro atoms. The van der Waals surface area contributed by atoms with Gasteiger partial charge in [-0.25, -0.2) is 0 Å². The zero-order valence-corrected chi connectivity index (χ0v) is 14.5. The van der Waals surface area contributed by atoms with E-state index in [-0.39, 0.29) is 11.9 Å². The maximum Gasteiger partial charge on any atom is 0.329 e. The van der Waals surface area contributed by atoms with E-state index in [2.05, 4.69) is 5.32 Å². The summed E-state index contributed by atoms with van der Waals surface area (Å²) in [5, 5.41) is 2.95. The second kappa shape index (κ2) is 5.16. The van der Waals surface area contributed by atoms with Gasteiger partial charge in [-0.15, -0.1) is 0 Å². The van der Waals surface area contributed by atoms with Crippen LogP contribution in [0.25, 0.3) is 0 Å². The lowest BCUT2D eigenvalue weighted by molar-refractivity contribution is -0.196. The van der Waals surface area contributed by atoms with Gasteiger partial charge in [-0.3, -0.25) is 14.4 Å². The Hall–Kier alpha value is -2.17. The molecule has 1 N–H and O–H groups in total. The van der Waals surface area contributed by atoms with Gasteiger partial charge in [-0.05, 0) is 32.3 Å². The third-order valence-corrected chi connectivity index (χ3v) is 6.47. The van der Waals surface area contributed by atoms with Crippen molar-refractivity contribution < 1.29 is 19.1 Å². The summed E-state index contributed by atoms with van der Waals surface area (Å²) in [6.07, 6.45) is 0.798. The van der Waals surface area contributed by atoms with Crippen LogP contribution in [0, 0.1) is 16.2 Å². The van der Waals surface area contributed by atoms with Crippen molar-refractivity contribution >= 4 is 17.8 Å². The summed E-state index contributed by atoms with van der Waals surface area (Å²) in [5.41, 5.74) is -1.99. The highest BCUT2D eigenvalue weighted by molar-refractivity contribution is 6.11. The number of cyclic esters (lactones) is 2. The average molecular weight is 329 g/mol. The number of ether oxygens (including phenoxy) is 1. The van der Waals surface area contributed by atoms with Crippen LogP contribution in [0.2, 0.25) is 0 Å². The number of rotatable bonds is 3. The van der Waals surface area contributed by atoms with E-state index in [0.29, 0.717) is 12.8 Å². The normalized spacial score (nSPS) is 32.2. The fraction of sp³-hybridized carbons (Fsp3) is 0.526. The standard InChI is InChI=1S/C19H23NO4/c1-12(13-8-6-5-7-9-13)20-14(21)19-11-10-18(4,17(19,2)3)15(22)24-16(19)23/h5-9,12H,10-11H2,1-4H3,(H,20,21). The van der Waals surface area contributed by atoms with E-state index in [1.807, 2.05) is 51.1 Å². The van der Waals surface area contributed by atoms with Gasteiger partial charge < -0.3 is 10.1 Å². The largest absolute Gasteiger partial charge is 0.392 e. The minimum atomic E-state index is -1.32. The topological polar surface area (TPSA) is 72.5 Å². The summed E-state index contributed by atoms with van der Waals surface area (Å²) in [7, 11) is 0. The first-order valence-electron chi connectivity index (χ1n) is 8.29. The van der Waals surface area contributed by atoms with E-state index >= 15 is 0 Å². The number of hydrogen-bond acceptors (Lipinski definition) is 4. The van der Waals surface area contributed by atoms with E-state index in [1.165, 1.54) is 0 Å². The summed E-state index contributed by atoms with van der Waals surface area (Å²) in [5.74, 6) is -1.59. The predicted molar refractivity (Wildman–Crippen MR) is 87.7 cm³/mol. The van der Waals surface area contributed by atoms with Gasteiger partial charge in [-0.1, -0.05) is 44.2 Å². The molecule has 1 heterocycles. The van der Waals surface area contributed by atoms with Crippen LogP contribution in [0.1, 0.15) is 52.1 Å². The van der Waals surface area contributed by atoms with Gasteiger partial charge in [0.2, 0.25) is 5.91 Å². The summed E-state index contributed by atoms with van der Waals surface area (Å²) in [6, 6.07) is 9.33. The van der Waals surface area contributed by atoms with Gasteiger partial charge in [0.15, 0.2) is 5.41 Å². The second-order valence-electron chi connectivity index (χ2n) is 7.65. The van der Waals surface area contributed by atoms with Crippen LogP contribution < -0.4 is 5.32 Å². The zero-order valence-electron chi connectivity index (χ0n) is 14.5. The van der Waals surface area contributed by atoms with E-state index in [1.54, 1.807) is 6.92 Å². The van der Waals surface area contributed by atoms with Crippen molar-refractivity contribution in [3.63, 3.8) is 0 Å². The molecule has 5 nitrogen and oxygen atoms in total. The van der Waals surface area contributed by atoms with Crippen LogP contribution in [-0.4, -0.2) is 17.8 Å². The van der Waals surface area contributed by atoms with E-state index in [0.717, 1.165) is 5.56 Å². The fourth-order valence-electron chi connectivity index (χ4n) is 4.17. The van der Waals surface area contributed by atoms with Crippen molar-refractivity contribution in [2.45, 2.75) is 46.6 Å². The van der Waals surface area contributed by atoms with Crippen molar-refractivity contribution in [2.24, 2.45) is 16.2 Å². The van der Waals surface area contributed by atoms with Crippen LogP contribution in [0.4, 0.5) is 0 Å². The molecule has 0 radical (unpaired) electrons. The number of carbonyl (C=O) groups is 3. The molecule has 1 aromatic rings. The molecule has 1 aliphatic carbocycles. The summed E-state index contributed by atoms with van der Waals surface area (Å²) < 4.78 is 4.98. The van der Waals surface area contributed by atoms with Gasteiger partial charge in [0, 0.05) is 5.41 Å². The third-order valence-electron chi connectivity index (χ3n) is 6.47. The second-order valence-corrected chi connectivity index (χ2v) is 7.65. The Balaban J connectivity index is 1.94. The molecule has 3 rings (SSSR count). The quantitative estimate of drug-likeness (QED) is 0.683. The van der Waals surface area contributed by atoms with Crippen molar-refractivity contribution in [2.75, 3.05) is 0 Å². The van der Waals surface area contributed by atoms with E-state index in [9.17, 15) is 14.4 Å². The first-order chi connectivity index (χ1) is 11.2. The van der Waals surface area contributed by atoms with Crippen LogP contribution in [-0.2, 0) is 19.1 Å². The highest BCUT2D eigenvalue weighted by Gasteiger charge is 2.75. The molecule has 1 amide bonds. The highest BCUT2D eigenvalue weighted by atomic mass is 16.6. The predicted octanol–water partition coefficient (Wildman–Crippen LogP) is 2.76. The molecule has 1 aliphatic heterocycles. The number of carbonyl (C=O) groups excluding carboxylic acids is 3. The number of amides is 1. The van der Waals surface area contributed by atoms with Crippen molar-refractivity contribution in [3.05, 3.63) is 35.9 Å². The molecular formula is C19H23NO4. The molecule has 5 heteroatoms. The molecule has 24 heavy (non-hydrogen) atoms. The lowest BCUT2D eigenvalue weighted by atomic mass is 9.57. The molecule has 0 aromatic heterocycles. The zero-order chi connectivity index (χ0) is 17.8. The molecule has 3 unspecified atom stereocenters. The van der Waals surface area contributed by atoms with Gasteiger partial charge in [0.05, 0.1) is 11.5 Å². The molecule has 2 aliphatic rings. The molecular weight excluding hydrogens is 306 g/mol. The Kier molecular flexibility index (Phi) is 3.59. The van der Waals surface area contributed by atoms with Crippen LogP contribution in [0.3, 0.4) is 0 Å². The van der Waals surface area contributed by atoms with E-state index < -0.39 is 28.2 Å². The monoisotopic (exact) mass is 329 g/mol. The smallest absolute Gasteiger partial charge is 0.329 e. The van der Waals surface area contributed by atoms with Crippen LogP contribution in [0.15, 0.2) is 30.3 Å². The first-order valence-corrected chi connectivity index (χ1v) is 8.29. The Bertz CT molecular complexity index is 711. The van der Waals surface area contributed by atoms with Crippen LogP contribution in [0.5, 0.6) is 0 Å². The Morgan fingerprint density at radius 1 is 1.08 bits per heavy atom. The number of hydrogen-bond donors (Lipinski definition) is 1. The van der Waals surface area contributed by atoms with Crippen molar-refractivity contribution in [3.8, 4) is 0 Å². The lowest BCUT2D eigenvalue weighted by Crippen LogP contribution is -2.62. The molecule has 3 atom stereocenters. The van der Waals surface area contributed by atoms with Gasteiger partial charge in [0.1, 0.15) is 0 Å². The van der Waals surface area contributed by atoms with Gasteiger partial charge >= 0.3 is 11.9 Å². The van der Waals surface area contributed by atoms with Crippen LogP contribution >= 0.6 is 0 Å². The molecule has 1 saturated heterocycles. The maximum absolute atomic E-state index is 13.1. The number of esters is 2. The SMILES string of the molecule is CC(NC(=O)C12CCC(C)(C(=O)OC1=O)C2(C)C)c1ccccc1. The van der Waals surface area contributed by atoms with Crippen molar-refractivity contribution in [1.29, 1.82) is 0 Å².